The molecule has 14 heavy (non-hydrogen) atoms. The SMILES string of the molecule is CN[C@H](Cc1cc[nH]c(=O)c1)C(=O)O. The summed E-state index contributed by atoms with van der Waals surface area (Å²) in [6.07, 6.45) is 1.81. The van der Waals surface area contributed by atoms with Gasteiger partial charge in [-0.1, -0.05) is 0 Å². The zero-order chi connectivity index (χ0) is 10.6. The fourth-order valence-electron chi connectivity index (χ4n) is 1.16. The number of aliphatic carboxylic acids is 1. The van der Waals surface area contributed by atoms with Gasteiger partial charge in [-0.05, 0) is 25.1 Å². The molecule has 5 nitrogen and oxygen atoms in total. The number of carboxylic acid groups (broad SMARTS) is 1. The summed E-state index contributed by atoms with van der Waals surface area (Å²) in [6.45, 7) is 0. The summed E-state index contributed by atoms with van der Waals surface area (Å²) in [5, 5.41) is 11.4. The van der Waals surface area contributed by atoms with Crippen LogP contribution in [-0.2, 0) is 11.2 Å². The summed E-state index contributed by atoms with van der Waals surface area (Å²) in [7, 11) is 1.58. The second-order valence-corrected chi connectivity index (χ2v) is 2.94. The summed E-state index contributed by atoms with van der Waals surface area (Å²) in [5.74, 6) is -0.923. The smallest absolute Gasteiger partial charge is 0.321 e. The third kappa shape index (κ3) is 2.70. The van der Waals surface area contributed by atoms with Gasteiger partial charge in [-0.3, -0.25) is 9.59 Å². The molecular weight excluding hydrogens is 184 g/mol. The quantitative estimate of drug-likeness (QED) is 0.611. The van der Waals surface area contributed by atoms with Crippen LogP contribution in [0, 0.1) is 0 Å². The van der Waals surface area contributed by atoms with Crippen LogP contribution in [0.25, 0.3) is 0 Å². The molecule has 1 aromatic heterocycles. The molecule has 3 N–H and O–H groups in total. The van der Waals surface area contributed by atoms with Crippen LogP contribution in [0.15, 0.2) is 23.1 Å². The third-order valence-electron chi connectivity index (χ3n) is 1.93. The fraction of sp³-hybridized carbons (Fsp3) is 0.333. The maximum atomic E-state index is 10.9. The van der Waals surface area contributed by atoms with Crippen LogP contribution >= 0.6 is 0 Å². The Morgan fingerprint density at radius 2 is 2.43 bits per heavy atom. The van der Waals surface area contributed by atoms with Gasteiger partial charge in [0.1, 0.15) is 6.04 Å². The first-order valence-corrected chi connectivity index (χ1v) is 4.21. The molecule has 0 fully saturated rings. The number of carbonyl (C=O) groups is 1. The first kappa shape index (κ1) is 10.5. The number of rotatable bonds is 4. The van der Waals surface area contributed by atoms with Crippen molar-refractivity contribution in [2.75, 3.05) is 7.05 Å². The molecule has 0 amide bonds. The van der Waals surface area contributed by atoms with Crippen molar-refractivity contribution >= 4 is 5.97 Å². The lowest BCUT2D eigenvalue weighted by atomic mass is 10.1. The first-order chi connectivity index (χ1) is 6.63. The lowest BCUT2D eigenvalue weighted by Crippen LogP contribution is -2.35. The Bertz CT molecular complexity index is 372. The Balaban J connectivity index is 2.77. The van der Waals surface area contributed by atoms with Gasteiger partial charge >= 0.3 is 5.97 Å². The maximum Gasteiger partial charge on any atom is 0.321 e. The molecule has 0 spiro atoms. The van der Waals surface area contributed by atoms with Gasteiger partial charge in [0, 0.05) is 12.3 Å². The van der Waals surface area contributed by atoms with Crippen LogP contribution in [0.1, 0.15) is 5.56 Å². The van der Waals surface area contributed by atoms with E-state index < -0.39 is 12.0 Å². The highest BCUT2D eigenvalue weighted by Crippen LogP contribution is 1.99. The van der Waals surface area contributed by atoms with E-state index in [1.54, 1.807) is 13.1 Å². The number of nitrogens with one attached hydrogen (secondary N) is 2. The number of likely N-dealkylation sites (N-methyl/N-ethyl adjacent to an activating group) is 1. The average Bonchev–Trinajstić information content (AvgIpc) is 2.14. The molecule has 0 bridgehead atoms. The van der Waals surface area contributed by atoms with Crippen LogP contribution in [0.2, 0.25) is 0 Å². The number of aromatic amines is 1. The third-order valence-corrected chi connectivity index (χ3v) is 1.93. The summed E-state index contributed by atoms with van der Waals surface area (Å²) >= 11 is 0. The standard InChI is InChI=1S/C9H12N2O3/c1-10-7(9(13)14)4-6-2-3-11-8(12)5-6/h2-3,5,7,10H,4H2,1H3,(H,11,12)(H,13,14)/t7-/m1/s1. The van der Waals surface area contributed by atoms with Crippen molar-refractivity contribution in [2.45, 2.75) is 12.5 Å². The monoisotopic (exact) mass is 196 g/mol. The lowest BCUT2D eigenvalue weighted by molar-refractivity contribution is -0.139. The average molecular weight is 196 g/mol. The maximum absolute atomic E-state index is 10.9. The zero-order valence-corrected chi connectivity index (χ0v) is 7.78. The Labute approximate surface area is 80.8 Å². The molecule has 1 heterocycles. The molecule has 0 saturated heterocycles. The second-order valence-electron chi connectivity index (χ2n) is 2.94. The molecule has 0 aromatic carbocycles. The van der Waals surface area contributed by atoms with Crippen molar-refractivity contribution in [2.24, 2.45) is 0 Å². The molecule has 1 rings (SSSR count). The van der Waals surface area contributed by atoms with Gasteiger partial charge < -0.3 is 15.4 Å². The predicted molar refractivity (Wildman–Crippen MR) is 51.3 cm³/mol. The minimum Gasteiger partial charge on any atom is -0.480 e. The number of hydrogen-bond donors (Lipinski definition) is 3. The molecule has 0 aliphatic carbocycles. The Kier molecular flexibility index (Phi) is 3.41. The van der Waals surface area contributed by atoms with E-state index >= 15 is 0 Å². The van der Waals surface area contributed by atoms with Crippen molar-refractivity contribution < 1.29 is 9.90 Å². The van der Waals surface area contributed by atoms with E-state index in [1.807, 2.05) is 0 Å². The number of carboxylic acids is 1. The largest absolute Gasteiger partial charge is 0.480 e. The van der Waals surface area contributed by atoms with Crippen LogP contribution in [0.3, 0.4) is 0 Å². The lowest BCUT2D eigenvalue weighted by Gasteiger charge is -2.10. The molecule has 0 saturated carbocycles. The molecule has 0 aliphatic rings. The minimum atomic E-state index is -0.923. The van der Waals surface area contributed by atoms with Gasteiger partial charge in [0.05, 0.1) is 0 Å². The van der Waals surface area contributed by atoms with Crippen molar-refractivity contribution in [1.82, 2.24) is 10.3 Å². The molecule has 76 valence electrons. The normalized spacial score (nSPS) is 12.4. The van der Waals surface area contributed by atoms with Crippen molar-refractivity contribution in [3.05, 3.63) is 34.2 Å². The van der Waals surface area contributed by atoms with Crippen molar-refractivity contribution in [3.8, 4) is 0 Å². The van der Waals surface area contributed by atoms with E-state index in [0.29, 0.717) is 12.0 Å². The van der Waals surface area contributed by atoms with Crippen LogP contribution in [-0.4, -0.2) is 29.1 Å². The minimum absolute atomic E-state index is 0.220. The highest BCUT2D eigenvalue weighted by atomic mass is 16.4. The Morgan fingerprint density at radius 3 is 2.93 bits per heavy atom. The van der Waals surface area contributed by atoms with Crippen LogP contribution < -0.4 is 10.9 Å². The fourth-order valence-corrected chi connectivity index (χ4v) is 1.16. The highest BCUT2D eigenvalue weighted by Gasteiger charge is 2.14. The van der Waals surface area contributed by atoms with E-state index in [1.165, 1.54) is 12.3 Å². The number of aromatic nitrogens is 1. The van der Waals surface area contributed by atoms with Gasteiger partial charge in [0.2, 0.25) is 5.56 Å². The molecule has 1 aromatic rings. The van der Waals surface area contributed by atoms with Gasteiger partial charge in [0.15, 0.2) is 0 Å². The van der Waals surface area contributed by atoms with E-state index in [4.69, 9.17) is 5.11 Å². The molecule has 0 radical (unpaired) electrons. The van der Waals surface area contributed by atoms with Crippen molar-refractivity contribution in [3.63, 3.8) is 0 Å². The Hall–Kier alpha value is -1.62. The number of pyridine rings is 1. The summed E-state index contributed by atoms with van der Waals surface area (Å²) in [5.41, 5.74) is 0.484. The molecule has 5 heteroatoms. The molecular formula is C9H12N2O3. The van der Waals surface area contributed by atoms with Gasteiger partial charge in [0.25, 0.3) is 0 Å². The zero-order valence-electron chi connectivity index (χ0n) is 7.78. The topological polar surface area (TPSA) is 82.2 Å². The van der Waals surface area contributed by atoms with Crippen LogP contribution in [0.4, 0.5) is 0 Å². The summed E-state index contributed by atoms with van der Waals surface area (Å²) < 4.78 is 0. The number of H-pyrrole nitrogens is 1. The molecule has 0 unspecified atom stereocenters. The van der Waals surface area contributed by atoms with E-state index in [-0.39, 0.29) is 5.56 Å². The number of hydrogen-bond acceptors (Lipinski definition) is 3. The molecule has 1 atom stereocenters. The predicted octanol–water partition coefficient (Wildman–Crippen LogP) is -0.410. The second kappa shape index (κ2) is 4.57. The highest BCUT2D eigenvalue weighted by molar-refractivity contribution is 5.73. The van der Waals surface area contributed by atoms with Crippen LogP contribution in [0.5, 0.6) is 0 Å². The van der Waals surface area contributed by atoms with Crippen molar-refractivity contribution in [1.29, 1.82) is 0 Å². The molecule has 0 aliphatic heterocycles. The summed E-state index contributed by atoms with van der Waals surface area (Å²) in [6, 6.07) is 2.43. The van der Waals surface area contributed by atoms with Gasteiger partial charge in [-0.25, -0.2) is 0 Å². The van der Waals surface area contributed by atoms with Gasteiger partial charge in [-0.2, -0.15) is 0 Å². The van der Waals surface area contributed by atoms with E-state index in [2.05, 4.69) is 10.3 Å². The van der Waals surface area contributed by atoms with Gasteiger partial charge in [-0.15, -0.1) is 0 Å². The Morgan fingerprint density at radius 1 is 1.71 bits per heavy atom. The first-order valence-electron chi connectivity index (χ1n) is 4.21. The van der Waals surface area contributed by atoms with E-state index in [9.17, 15) is 9.59 Å². The van der Waals surface area contributed by atoms with E-state index in [0.717, 1.165) is 0 Å². The summed E-state index contributed by atoms with van der Waals surface area (Å²) in [4.78, 5) is 24.0.